The van der Waals surface area contributed by atoms with Crippen LogP contribution in [0.15, 0.2) is 24.3 Å². The number of allylic oxidation sites excluding steroid dienone is 1. The molecule has 1 N–H and O–H groups in total. The summed E-state index contributed by atoms with van der Waals surface area (Å²) in [5.74, 6) is -2.14. The number of aliphatic hydroxyl groups is 1. The maximum Gasteiger partial charge on any atom is 0.311 e. The Morgan fingerprint density at radius 2 is 1.94 bits per heavy atom. The minimum Gasteiger partial charge on any atom is -0.465 e. The highest BCUT2D eigenvalue weighted by Gasteiger charge is 2.74. The molecule has 0 radical (unpaired) electrons. The van der Waals surface area contributed by atoms with Crippen LogP contribution in [0.2, 0.25) is 0 Å². The minimum atomic E-state index is -0.889. The lowest BCUT2D eigenvalue weighted by Gasteiger charge is -2.41. The van der Waals surface area contributed by atoms with Gasteiger partial charge in [0.1, 0.15) is 6.04 Å². The molecule has 1 unspecified atom stereocenters. The molecule has 0 bridgehead atoms. The highest BCUT2D eigenvalue weighted by Crippen LogP contribution is 2.65. The fourth-order valence-electron chi connectivity index (χ4n) is 6.15. The molecule has 0 aromatic rings. The molecule has 7 nitrogen and oxygen atoms in total. The number of amides is 2. The van der Waals surface area contributed by atoms with Gasteiger partial charge in [-0.25, -0.2) is 0 Å². The van der Waals surface area contributed by atoms with E-state index in [1.165, 1.54) is 0 Å². The van der Waals surface area contributed by atoms with Crippen molar-refractivity contribution in [2.75, 3.05) is 26.3 Å². The Kier molecular flexibility index (Phi) is 7.21. The molecule has 8 heteroatoms. The van der Waals surface area contributed by atoms with Crippen LogP contribution in [0.1, 0.15) is 53.4 Å². The third-order valence-corrected chi connectivity index (χ3v) is 9.66. The van der Waals surface area contributed by atoms with Crippen LogP contribution in [0.5, 0.6) is 0 Å². The smallest absolute Gasteiger partial charge is 0.311 e. The van der Waals surface area contributed by atoms with Gasteiger partial charge in [-0.2, -0.15) is 0 Å². The zero-order chi connectivity index (χ0) is 24.7. The fourth-order valence-corrected chi connectivity index (χ4v) is 8.29. The van der Waals surface area contributed by atoms with Gasteiger partial charge in [0.05, 0.1) is 35.8 Å². The number of nitrogens with zero attached hydrogens (tertiary/aromatic N) is 2. The van der Waals surface area contributed by atoms with Crippen molar-refractivity contribution in [2.45, 2.75) is 75.0 Å². The molecule has 2 fully saturated rings. The first kappa shape index (κ1) is 25.3. The SMILES string of the molecule is CCCCN1CC=C[C@]23S[C@@]4(C)/C=C\CCCOC(=O)[C@H]4[C@H]2C(=O)N([C@@H](CO)C(C)C)C3C1=O. The van der Waals surface area contributed by atoms with Gasteiger partial charge in [0.25, 0.3) is 0 Å². The van der Waals surface area contributed by atoms with E-state index in [0.717, 1.165) is 25.7 Å². The van der Waals surface area contributed by atoms with Crippen molar-refractivity contribution < 1.29 is 24.2 Å². The van der Waals surface area contributed by atoms with E-state index in [9.17, 15) is 19.5 Å². The van der Waals surface area contributed by atoms with Gasteiger partial charge in [-0.3, -0.25) is 14.4 Å². The first-order valence-electron chi connectivity index (χ1n) is 12.7. The summed E-state index contributed by atoms with van der Waals surface area (Å²) in [5.41, 5.74) is 0. The molecule has 188 valence electrons. The van der Waals surface area contributed by atoms with Gasteiger partial charge < -0.3 is 19.6 Å². The van der Waals surface area contributed by atoms with Crippen LogP contribution in [0.25, 0.3) is 0 Å². The van der Waals surface area contributed by atoms with Gasteiger partial charge in [0, 0.05) is 17.8 Å². The number of ether oxygens (including phenoxy) is 1. The van der Waals surface area contributed by atoms with E-state index in [0.29, 0.717) is 19.7 Å². The maximum absolute atomic E-state index is 14.2. The van der Waals surface area contributed by atoms with Crippen molar-refractivity contribution in [2.24, 2.45) is 17.8 Å². The molecule has 2 saturated heterocycles. The number of fused-ring (bicyclic) bond motifs is 2. The summed E-state index contributed by atoms with van der Waals surface area (Å²) in [6.45, 7) is 9.20. The van der Waals surface area contributed by atoms with Gasteiger partial charge >= 0.3 is 5.97 Å². The lowest BCUT2D eigenvalue weighted by atomic mass is 9.74. The second-order valence-corrected chi connectivity index (χ2v) is 12.3. The minimum absolute atomic E-state index is 0.0438. The van der Waals surface area contributed by atoms with Crippen LogP contribution in [-0.4, -0.2) is 80.6 Å². The zero-order valence-electron chi connectivity index (χ0n) is 20.7. The Morgan fingerprint density at radius 1 is 1.18 bits per heavy atom. The topological polar surface area (TPSA) is 87.2 Å². The van der Waals surface area contributed by atoms with Gasteiger partial charge in [-0.15, -0.1) is 11.8 Å². The molecule has 6 atom stereocenters. The van der Waals surface area contributed by atoms with Gasteiger partial charge in [-0.1, -0.05) is 51.5 Å². The first-order chi connectivity index (χ1) is 16.2. The number of carbonyl (C=O) groups excluding carboxylic acids is 3. The molecule has 0 aliphatic carbocycles. The Hall–Kier alpha value is -1.80. The number of likely N-dealkylation sites (tertiary alicyclic amines) is 1. The van der Waals surface area contributed by atoms with E-state index in [1.54, 1.807) is 16.7 Å². The van der Waals surface area contributed by atoms with Crippen molar-refractivity contribution in [1.29, 1.82) is 0 Å². The summed E-state index contributed by atoms with van der Waals surface area (Å²) in [5, 5.41) is 10.3. The third kappa shape index (κ3) is 3.91. The van der Waals surface area contributed by atoms with E-state index < -0.39 is 33.4 Å². The Labute approximate surface area is 206 Å². The average Bonchev–Trinajstić information content (AvgIpc) is 3.14. The molecular weight excluding hydrogens is 452 g/mol. The summed E-state index contributed by atoms with van der Waals surface area (Å²) >= 11 is 1.56. The predicted octanol–water partition coefficient (Wildman–Crippen LogP) is 2.78. The fraction of sp³-hybridized carbons (Fsp3) is 0.731. The Bertz CT molecular complexity index is 888. The van der Waals surface area contributed by atoms with E-state index in [-0.39, 0.29) is 30.3 Å². The number of unbranched alkanes of at least 4 members (excludes halogenated alkanes) is 1. The molecule has 34 heavy (non-hydrogen) atoms. The van der Waals surface area contributed by atoms with Crippen molar-refractivity contribution in [1.82, 2.24) is 9.80 Å². The summed E-state index contributed by atoms with van der Waals surface area (Å²) in [4.78, 5) is 45.2. The molecule has 4 aliphatic rings. The van der Waals surface area contributed by atoms with Crippen LogP contribution < -0.4 is 0 Å². The van der Waals surface area contributed by atoms with Crippen LogP contribution in [-0.2, 0) is 19.1 Å². The quantitative estimate of drug-likeness (QED) is 0.455. The monoisotopic (exact) mass is 490 g/mol. The van der Waals surface area contributed by atoms with E-state index in [2.05, 4.69) is 19.1 Å². The normalized spacial score (nSPS) is 37.4. The van der Waals surface area contributed by atoms with Crippen LogP contribution in [0, 0.1) is 17.8 Å². The summed E-state index contributed by atoms with van der Waals surface area (Å²) < 4.78 is 4.09. The standard InChI is InChI=1S/C26H38N2O5S/c1-5-6-13-27-14-10-12-26-19(20-24(32)33-15-9-7-8-11-25(20,4)34-26)22(30)28(21(26)23(27)31)18(16-29)17(2)3/h8,10-12,17-21,29H,5-7,9,13-16H2,1-4H3/b11-8-/t18-,19-,20+,21?,25-,26-/m0/s1. The molecule has 1 spiro atoms. The first-order valence-corrected chi connectivity index (χ1v) is 13.5. The van der Waals surface area contributed by atoms with Crippen molar-refractivity contribution in [3.05, 3.63) is 24.3 Å². The van der Waals surface area contributed by atoms with Crippen molar-refractivity contribution >= 4 is 29.5 Å². The van der Waals surface area contributed by atoms with E-state index in [4.69, 9.17) is 4.74 Å². The van der Waals surface area contributed by atoms with Crippen LogP contribution in [0.4, 0.5) is 0 Å². The molecule has 4 heterocycles. The number of aliphatic hydroxyl groups excluding tert-OH is 1. The largest absolute Gasteiger partial charge is 0.465 e. The van der Waals surface area contributed by atoms with Crippen molar-refractivity contribution in [3.63, 3.8) is 0 Å². The highest BCUT2D eigenvalue weighted by atomic mass is 32.2. The van der Waals surface area contributed by atoms with E-state index >= 15 is 0 Å². The Morgan fingerprint density at radius 3 is 2.62 bits per heavy atom. The lowest BCUT2D eigenvalue weighted by Crippen LogP contribution is -2.58. The number of hydrogen-bond acceptors (Lipinski definition) is 6. The highest BCUT2D eigenvalue weighted by molar-refractivity contribution is 8.02. The number of esters is 1. The van der Waals surface area contributed by atoms with Gasteiger partial charge in [-0.05, 0) is 32.1 Å². The summed E-state index contributed by atoms with van der Waals surface area (Å²) in [6.07, 6.45) is 11.6. The van der Waals surface area contributed by atoms with E-state index in [1.807, 2.05) is 37.8 Å². The molecule has 4 aliphatic heterocycles. The summed E-state index contributed by atoms with van der Waals surface area (Å²) in [7, 11) is 0. The van der Waals surface area contributed by atoms with Gasteiger partial charge in [0.15, 0.2) is 0 Å². The number of cyclic esters (lactones) is 1. The van der Waals surface area contributed by atoms with Crippen molar-refractivity contribution in [3.8, 4) is 0 Å². The number of carbonyl (C=O) groups is 3. The molecular formula is C26H38N2O5S. The molecule has 0 saturated carbocycles. The average molecular weight is 491 g/mol. The summed E-state index contributed by atoms with van der Waals surface area (Å²) in [6, 6.07) is -1.27. The molecule has 4 rings (SSSR count). The third-order valence-electron chi connectivity index (χ3n) is 7.87. The zero-order valence-corrected chi connectivity index (χ0v) is 21.6. The maximum atomic E-state index is 14.2. The van der Waals surface area contributed by atoms with Gasteiger partial charge in [0.2, 0.25) is 11.8 Å². The van der Waals surface area contributed by atoms with Crippen LogP contribution >= 0.6 is 11.8 Å². The molecule has 0 aromatic carbocycles. The second-order valence-electron chi connectivity index (χ2n) is 10.5. The molecule has 0 aromatic heterocycles. The number of hydrogen-bond donors (Lipinski definition) is 1. The lowest BCUT2D eigenvalue weighted by molar-refractivity contribution is -0.155. The molecule has 2 amide bonds. The number of thioether (sulfide) groups is 1. The van der Waals surface area contributed by atoms with Crippen LogP contribution in [0.3, 0.4) is 0 Å². The predicted molar refractivity (Wildman–Crippen MR) is 132 cm³/mol. The second kappa shape index (κ2) is 9.69. The Balaban J connectivity index is 1.88. The number of rotatable bonds is 6.